The summed E-state index contributed by atoms with van der Waals surface area (Å²) < 4.78 is 11.8. The van der Waals surface area contributed by atoms with Gasteiger partial charge in [0.25, 0.3) is 0 Å². The monoisotopic (exact) mass is 164 g/mol. The fraction of sp³-hybridized carbons (Fsp3) is 0.750. The molecular weight excluding hydrogens is 151 g/mol. The predicted octanol–water partition coefficient (Wildman–Crippen LogP) is 4.01. The van der Waals surface area contributed by atoms with Gasteiger partial charge in [0.1, 0.15) is 0 Å². The van der Waals surface area contributed by atoms with Crippen molar-refractivity contribution in [2.75, 3.05) is 0 Å². The number of allylic oxidation sites excluding steroid dienone is 1. The Labute approximate surface area is 67.1 Å². The first-order chi connectivity index (χ1) is 4.77. The van der Waals surface area contributed by atoms with Gasteiger partial charge in [0, 0.05) is 0 Å². The van der Waals surface area contributed by atoms with Crippen molar-refractivity contribution < 1.29 is 4.39 Å². The molecule has 0 fully saturated rings. The minimum absolute atomic E-state index is 0.573. The largest absolute Gasteiger partial charge is 0.194 e. The smallest absolute Gasteiger partial charge is 0.185 e. The first-order valence-corrected chi connectivity index (χ1v) is 4.16. The molecule has 0 heterocycles. The van der Waals surface area contributed by atoms with Crippen LogP contribution in [0.1, 0.15) is 39.0 Å². The van der Waals surface area contributed by atoms with Crippen molar-refractivity contribution in [3.05, 3.63) is 11.4 Å². The number of hydrogen-bond donors (Lipinski definition) is 0. The number of halogens is 2. The Morgan fingerprint density at radius 3 is 2.60 bits per heavy atom. The van der Waals surface area contributed by atoms with Crippen molar-refractivity contribution in [2.24, 2.45) is 0 Å². The fourth-order valence-electron chi connectivity index (χ4n) is 0.782. The molecule has 10 heavy (non-hydrogen) atoms. The Bertz CT molecular complexity index is 95.4. The predicted molar refractivity (Wildman–Crippen MR) is 43.8 cm³/mol. The molecule has 0 spiro atoms. The van der Waals surface area contributed by atoms with Gasteiger partial charge in [0.05, 0.1) is 0 Å². The van der Waals surface area contributed by atoms with Crippen LogP contribution in [0.25, 0.3) is 0 Å². The standard InChI is InChI=1S/C8H14ClF/c1-2-3-4-5-6-7-8(9)10/h7H,2-6H2,1H3. The van der Waals surface area contributed by atoms with Crippen molar-refractivity contribution >= 4 is 11.6 Å². The third kappa shape index (κ3) is 7.96. The van der Waals surface area contributed by atoms with Gasteiger partial charge in [-0.25, -0.2) is 0 Å². The highest BCUT2D eigenvalue weighted by atomic mass is 35.5. The molecular formula is C8H14ClF. The van der Waals surface area contributed by atoms with E-state index in [0.717, 1.165) is 12.8 Å². The molecule has 0 aliphatic rings. The number of unbranched alkanes of at least 4 members (excludes halogenated alkanes) is 4. The molecule has 0 atom stereocenters. The molecule has 2 heteroatoms. The lowest BCUT2D eigenvalue weighted by molar-refractivity contribution is 0.654. The summed E-state index contributed by atoms with van der Waals surface area (Å²) in [7, 11) is 0. The minimum atomic E-state index is -0.573. The molecule has 0 aliphatic heterocycles. The summed E-state index contributed by atoms with van der Waals surface area (Å²) >= 11 is 4.99. The molecule has 0 aromatic heterocycles. The zero-order valence-corrected chi connectivity index (χ0v) is 7.12. The summed E-state index contributed by atoms with van der Waals surface area (Å²) in [5, 5.41) is -0.573. The second-order valence-corrected chi connectivity index (χ2v) is 2.70. The lowest BCUT2D eigenvalue weighted by atomic mass is 10.2. The van der Waals surface area contributed by atoms with Gasteiger partial charge in [-0.05, 0) is 18.9 Å². The molecule has 0 aromatic rings. The highest BCUT2D eigenvalue weighted by Crippen LogP contribution is 2.08. The molecule has 0 radical (unpaired) electrons. The maximum Gasteiger partial charge on any atom is 0.185 e. The molecule has 0 nitrogen and oxygen atoms in total. The SMILES string of the molecule is CCCCCCC=C(F)Cl. The number of hydrogen-bond acceptors (Lipinski definition) is 0. The van der Waals surface area contributed by atoms with E-state index in [-0.39, 0.29) is 0 Å². The lowest BCUT2D eigenvalue weighted by Gasteiger charge is -1.92. The normalized spacial score (nSPS) is 12.1. The Hall–Kier alpha value is -0.0400. The molecule has 0 unspecified atom stereocenters. The van der Waals surface area contributed by atoms with Crippen LogP contribution in [0.3, 0.4) is 0 Å². The Balaban J connectivity index is 2.98. The van der Waals surface area contributed by atoms with Crippen LogP contribution < -0.4 is 0 Å². The molecule has 0 bridgehead atoms. The Morgan fingerprint density at radius 1 is 1.40 bits per heavy atom. The van der Waals surface area contributed by atoms with Gasteiger partial charge in [-0.3, -0.25) is 0 Å². The summed E-state index contributed by atoms with van der Waals surface area (Å²) in [5.74, 6) is 0. The van der Waals surface area contributed by atoms with Crippen LogP contribution in [0.5, 0.6) is 0 Å². The summed E-state index contributed by atoms with van der Waals surface area (Å²) in [6.45, 7) is 2.15. The molecule has 0 aromatic carbocycles. The minimum Gasteiger partial charge on any atom is -0.194 e. The highest BCUT2D eigenvalue weighted by Gasteiger charge is 1.87. The van der Waals surface area contributed by atoms with E-state index in [1.54, 1.807) is 0 Å². The van der Waals surface area contributed by atoms with E-state index in [1.165, 1.54) is 25.3 Å². The maximum absolute atomic E-state index is 11.8. The van der Waals surface area contributed by atoms with Gasteiger partial charge in [0.2, 0.25) is 0 Å². The van der Waals surface area contributed by atoms with E-state index in [9.17, 15) is 4.39 Å². The van der Waals surface area contributed by atoms with Gasteiger partial charge in [0.15, 0.2) is 5.29 Å². The summed E-state index contributed by atoms with van der Waals surface area (Å²) in [5.41, 5.74) is 0. The molecule has 60 valence electrons. The average molecular weight is 165 g/mol. The maximum atomic E-state index is 11.8. The van der Waals surface area contributed by atoms with Crippen LogP contribution in [-0.2, 0) is 0 Å². The van der Waals surface area contributed by atoms with Crippen molar-refractivity contribution in [2.45, 2.75) is 39.0 Å². The molecule has 0 N–H and O–H groups in total. The van der Waals surface area contributed by atoms with E-state index in [4.69, 9.17) is 11.6 Å². The van der Waals surface area contributed by atoms with Gasteiger partial charge < -0.3 is 0 Å². The van der Waals surface area contributed by atoms with Crippen LogP contribution in [0, 0.1) is 0 Å². The summed E-state index contributed by atoms with van der Waals surface area (Å²) in [6.07, 6.45) is 6.88. The van der Waals surface area contributed by atoms with E-state index < -0.39 is 5.29 Å². The van der Waals surface area contributed by atoms with Crippen LogP contribution in [0.2, 0.25) is 0 Å². The van der Waals surface area contributed by atoms with Crippen LogP contribution in [-0.4, -0.2) is 0 Å². The van der Waals surface area contributed by atoms with Crippen LogP contribution in [0.15, 0.2) is 11.4 Å². The topological polar surface area (TPSA) is 0 Å². The Kier molecular flexibility index (Phi) is 7.04. The summed E-state index contributed by atoms with van der Waals surface area (Å²) in [4.78, 5) is 0. The van der Waals surface area contributed by atoms with Crippen molar-refractivity contribution in [3.8, 4) is 0 Å². The third-order valence-corrected chi connectivity index (χ3v) is 1.51. The average Bonchev–Trinajstić information content (AvgIpc) is 1.87. The molecule has 0 saturated heterocycles. The van der Waals surface area contributed by atoms with Crippen molar-refractivity contribution in [1.29, 1.82) is 0 Å². The quantitative estimate of drug-likeness (QED) is 0.539. The van der Waals surface area contributed by atoms with Crippen LogP contribution in [0.4, 0.5) is 4.39 Å². The highest BCUT2D eigenvalue weighted by molar-refractivity contribution is 6.28. The first-order valence-electron chi connectivity index (χ1n) is 3.78. The fourth-order valence-corrected chi connectivity index (χ4v) is 0.891. The second-order valence-electron chi connectivity index (χ2n) is 2.34. The lowest BCUT2D eigenvalue weighted by Crippen LogP contribution is -1.73. The van der Waals surface area contributed by atoms with Crippen molar-refractivity contribution in [1.82, 2.24) is 0 Å². The first kappa shape index (κ1) is 9.96. The molecule has 0 rings (SSSR count). The number of rotatable bonds is 5. The molecule has 0 saturated carbocycles. The molecule has 0 amide bonds. The third-order valence-electron chi connectivity index (χ3n) is 1.36. The summed E-state index contributed by atoms with van der Waals surface area (Å²) in [6, 6.07) is 0. The zero-order chi connectivity index (χ0) is 7.82. The van der Waals surface area contributed by atoms with Gasteiger partial charge >= 0.3 is 0 Å². The van der Waals surface area contributed by atoms with Gasteiger partial charge in [-0.2, -0.15) is 4.39 Å². The van der Waals surface area contributed by atoms with E-state index >= 15 is 0 Å². The van der Waals surface area contributed by atoms with E-state index in [1.807, 2.05) is 0 Å². The second kappa shape index (κ2) is 7.07. The van der Waals surface area contributed by atoms with E-state index in [2.05, 4.69) is 6.92 Å². The zero-order valence-electron chi connectivity index (χ0n) is 6.37. The van der Waals surface area contributed by atoms with Crippen molar-refractivity contribution in [3.63, 3.8) is 0 Å². The molecule has 0 aliphatic carbocycles. The van der Waals surface area contributed by atoms with Crippen LogP contribution >= 0.6 is 11.6 Å². The van der Waals surface area contributed by atoms with E-state index in [0.29, 0.717) is 0 Å². The van der Waals surface area contributed by atoms with Gasteiger partial charge in [-0.15, -0.1) is 0 Å². The van der Waals surface area contributed by atoms with Gasteiger partial charge in [-0.1, -0.05) is 37.8 Å². The Morgan fingerprint density at radius 2 is 2.10 bits per heavy atom.